The molecule has 3 nitrogen and oxygen atoms in total. The smallest absolute Gasteiger partial charge is 0.230 e. The third kappa shape index (κ3) is 3.73. The van der Waals surface area contributed by atoms with Crippen LogP contribution in [-0.4, -0.2) is 18.2 Å². The lowest BCUT2D eigenvalue weighted by Crippen LogP contribution is -2.25. The zero-order valence-corrected chi connectivity index (χ0v) is 11.2. The number of carbonyl (C=O) groups excluding carboxylic acids is 1. The molecule has 2 aromatic carbocycles. The summed E-state index contributed by atoms with van der Waals surface area (Å²) in [5.41, 5.74) is 1.23. The molecular formula is C15H14N2OS. The van der Waals surface area contributed by atoms with Crippen LogP contribution in [0.2, 0.25) is 0 Å². The number of nitrogens with zero attached hydrogens (tertiary/aromatic N) is 1. The van der Waals surface area contributed by atoms with E-state index < -0.39 is 0 Å². The third-order valence-corrected chi connectivity index (χ3v) is 3.72. The Bertz CT molecular complexity index is 614. The van der Waals surface area contributed by atoms with E-state index >= 15 is 0 Å². The lowest BCUT2D eigenvalue weighted by molar-refractivity contribution is -0.118. The van der Waals surface area contributed by atoms with Crippen LogP contribution in [0.15, 0.2) is 42.5 Å². The highest BCUT2D eigenvalue weighted by Crippen LogP contribution is 2.22. The van der Waals surface area contributed by atoms with Gasteiger partial charge in [-0.3, -0.25) is 4.79 Å². The second-order valence-electron chi connectivity index (χ2n) is 4.07. The summed E-state index contributed by atoms with van der Waals surface area (Å²) < 4.78 is 0. The van der Waals surface area contributed by atoms with Crippen LogP contribution in [0, 0.1) is 11.3 Å². The highest BCUT2D eigenvalue weighted by Gasteiger charge is 2.03. The van der Waals surface area contributed by atoms with Gasteiger partial charge in [-0.15, -0.1) is 11.8 Å². The van der Waals surface area contributed by atoms with Crippen molar-refractivity contribution in [1.29, 1.82) is 5.26 Å². The molecule has 1 amide bonds. The van der Waals surface area contributed by atoms with Crippen molar-refractivity contribution < 1.29 is 4.79 Å². The van der Waals surface area contributed by atoms with Crippen molar-refractivity contribution in [1.82, 2.24) is 5.32 Å². The summed E-state index contributed by atoms with van der Waals surface area (Å²) in [6.07, 6.45) is 0. The second-order valence-corrected chi connectivity index (χ2v) is 5.05. The molecule has 2 aromatic rings. The Balaban J connectivity index is 1.95. The van der Waals surface area contributed by atoms with Crippen molar-refractivity contribution in [2.75, 3.05) is 12.3 Å². The first kappa shape index (κ1) is 13.4. The summed E-state index contributed by atoms with van der Waals surface area (Å²) in [6, 6.07) is 16.3. The molecule has 0 saturated heterocycles. The summed E-state index contributed by atoms with van der Waals surface area (Å²) in [4.78, 5) is 11.4. The first-order valence-electron chi connectivity index (χ1n) is 5.99. The number of thioether (sulfide) groups is 1. The molecule has 0 spiro atoms. The van der Waals surface area contributed by atoms with E-state index in [9.17, 15) is 4.79 Å². The summed E-state index contributed by atoms with van der Waals surface area (Å²) in [6.45, 7) is 0.0770. The van der Waals surface area contributed by atoms with E-state index in [0.717, 1.165) is 5.75 Å². The van der Waals surface area contributed by atoms with E-state index in [0.29, 0.717) is 5.75 Å². The van der Waals surface area contributed by atoms with Gasteiger partial charge in [-0.05, 0) is 16.3 Å². The Kier molecular flexibility index (Phi) is 4.82. The number of carbonyl (C=O) groups is 1. The summed E-state index contributed by atoms with van der Waals surface area (Å²) >= 11 is 1.56. The third-order valence-electron chi connectivity index (χ3n) is 2.74. The van der Waals surface area contributed by atoms with Gasteiger partial charge >= 0.3 is 0 Å². The molecule has 1 N–H and O–H groups in total. The van der Waals surface area contributed by atoms with Gasteiger partial charge in [0.15, 0.2) is 0 Å². The number of nitriles is 1. The molecule has 96 valence electrons. The number of fused-ring (bicyclic) bond motifs is 1. The van der Waals surface area contributed by atoms with Gasteiger partial charge in [0.1, 0.15) is 6.54 Å². The van der Waals surface area contributed by atoms with Crippen molar-refractivity contribution in [2.24, 2.45) is 0 Å². The average Bonchev–Trinajstić information content (AvgIpc) is 2.45. The van der Waals surface area contributed by atoms with Gasteiger partial charge in [-0.1, -0.05) is 42.5 Å². The van der Waals surface area contributed by atoms with E-state index in [1.165, 1.54) is 16.3 Å². The molecule has 0 aliphatic carbocycles. The number of nitrogens with one attached hydrogen (secondary N) is 1. The van der Waals surface area contributed by atoms with Gasteiger partial charge in [0.05, 0.1) is 11.8 Å². The molecule has 0 aliphatic heterocycles. The zero-order chi connectivity index (χ0) is 13.5. The maximum atomic E-state index is 11.4. The lowest BCUT2D eigenvalue weighted by Gasteiger charge is -2.06. The van der Waals surface area contributed by atoms with E-state index in [-0.39, 0.29) is 12.5 Å². The SMILES string of the molecule is N#CCNC(=O)CSCc1cccc2ccccc12. The number of rotatable bonds is 5. The van der Waals surface area contributed by atoms with Crippen LogP contribution in [0.3, 0.4) is 0 Å². The maximum absolute atomic E-state index is 11.4. The molecule has 0 fully saturated rings. The van der Waals surface area contributed by atoms with Crippen LogP contribution < -0.4 is 5.32 Å². The molecule has 2 rings (SSSR count). The van der Waals surface area contributed by atoms with Gasteiger partial charge in [-0.25, -0.2) is 0 Å². The molecule has 0 aromatic heterocycles. The van der Waals surface area contributed by atoms with Crippen LogP contribution in [0.25, 0.3) is 10.8 Å². The molecule has 0 saturated carbocycles. The van der Waals surface area contributed by atoms with Crippen LogP contribution in [0.1, 0.15) is 5.56 Å². The Hall–Kier alpha value is -1.99. The first-order valence-corrected chi connectivity index (χ1v) is 7.15. The number of benzene rings is 2. The fourth-order valence-corrected chi connectivity index (χ4v) is 2.72. The van der Waals surface area contributed by atoms with Crippen LogP contribution >= 0.6 is 11.8 Å². The van der Waals surface area contributed by atoms with Gasteiger partial charge in [0, 0.05) is 5.75 Å². The number of hydrogen-bond donors (Lipinski definition) is 1. The van der Waals surface area contributed by atoms with Gasteiger partial charge in [0.25, 0.3) is 0 Å². The van der Waals surface area contributed by atoms with Gasteiger partial charge < -0.3 is 5.32 Å². The van der Waals surface area contributed by atoms with E-state index in [1.807, 2.05) is 24.3 Å². The van der Waals surface area contributed by atoms with E-state index in [1.54, 1.807) is 11.8 Å². The van der Waals surface area contributed by atoms with Gasteiger partial charge in [-0.2, -0.15) is 5.26 Å². The molecule has 0 heterocycles. The lowest BCUT2D eigenvalue weighted by atomic mass is 10.1. The summed E-state index contributed by atoms with van der Waals surface area (Å²) in [5.74, 6) is 1.08. The van der Waals surface area contributed by atoms with Crippen molar-refractivity contribution in [2.45, 2.75) is 5.75 Å². The minimum absolute atomic E-state index is 0.0770. The van der Waals surface area contributed by atoms with Crippen LogP contribution in [0.5, 0.6) is 0 Å². The standard InChI is InChI=1S/C15H14N2OS/c16-8-9-17-15(18)11-19-10-13-6-3-5-12-4-1-2-7-14(12)13/h1-7H,9-11H2,(H,17,18). The van der Waals surface area contributed by atoms with E-state index in [4.69, 9.17) is 5.26 Å². The second kappa shape index (κ2) is 6.81. The highest BCUT2D eigenvalue weighted by molar-refractivity contribution is 7.99. The minimum Gasteiger partial charge on any atom is -0.342 e. The Morgan fingerprint density at radius 1 is 1.21 bits per heavy atom. The summed E-state index contributed by atoms with van der Waals surface area (Å²) in [5, 5.41) is 13.3. The maximum Gasteiger partial charge on any atom is 0.230 e. The fourth-order valence-electron chi connectivity index (χ4n) is 1.86. The largest absolute Gasteiger partial charge is 0.342 e. The highest BCUT2D eigenvalue weighted by atomic mass is 32.2. The topological polar surface area (TPSA) is 52.9 Å². The normalized spacial score (nSPS) is 10.1. The fraction of sp³-hybridized carbons (Fsp3) is 0.200. The Morgan fingerprint density at radius 3 is 2.84 bits per heavy atom. The average molecular weight is 270 g/mol. The van der Waals surface area contributed by atoms with E-state index in [2.05, 4.69) is 29.6 Å². The van der Waals surface area contributed by atoms with Crippen molar-refractivity contribution in [3.8, 4) is 6.07 Å². The molecule has 4 heteroatoms. The monoisotopic (exact) mass is 270 g/mol. The zero-order valence-electron chi connectivity index (χ0n) is 10.4. The number of hydrogen-bond acceptors (Lipinski definition) is 3. The molecule has 0 aliphatic rings. The predicted molar refractivity (Wildman–Crippen MR) is 78.7 cm³/mol. The molecule has 0 atom stereocenters. The predicted octanol–water partition coefficient (Wildman–Crippen LogP) is 2.71. The molecule has 19 heavy (non-hydrogen) atoms. The molecular weight excluding hydrogens is 256 g/mol. The first-order chi connectivity index (χ1) is 9.31. The summed E-state index contributed by atoms with van der Waals surface area (Å²) in [7, 11) is 0. The Morgan fingerprint density at radius 2 is 2.00 bits per heavy atom. The quantitative estimate of drug-likeness (QED) is 0.850. The van der Waals surface area contributed by atoms with Crippen molar-refractivity contribution in [3.05, 3.63) is 48.0 Å². The van der Waals surface area contributed by atoms with Crippen molar-refractivity contribution in [3.63, 3.8) is 0 Å². The minimum atomic E-state index is -0.0909. The molecule has 0 bridgehead atoms. The van der Waals surface area contributed by atoms with Gasteiger partial charge in [0.2, 0.25) is 5.91 Å². The molecule has 0 unspecified atom stereocenters. The molecule has 0 radical (unpaired) electrons. The Labute approximate surface area is 116 Å². The van der Waals surface area contributed by atoms with Crippen molar-refractivity contribution >= 4 is 28.4 Å². The number of amides is 1. The van der Waals surface area contributed by atoms with Crippen LogP contribution in [0.4, 0.5) is 0 Å². The van der Waals surface area contributed by atoms with Crippen LogP contribution in [-0.2, 0) is 10.5 Å².